The van der Waals surface area contributed by atoms with Gasteiger partial charge in [0.15, 0.2) is 11.0 Å². The highest BCUT2D eigenvalue weighted by Crippen LogP contribution is 2.25. The summed E-state index contributed by atoms with van der Waals surface area (Å²) in [6.07, 6.45) is 1.47. The Balaban J connectivity index is 1.60. The number of hydrogen-bond donors (Lipinski definition) is 1. The summed E-state index contributed by atoms with van der Waals surface area (Å²) in [4.78, 5) is 12.1. The molecular formula is C19H16Cl3N5OS. The predicted molar refractivity (Wildman–Crippen MR) is 119 cm³/mol. The molecule has 0 aliphatic rings. The first-order valence-electron chi connectivity index (χ1n) is 8.57. The highest BCUT2D eigenvalue weighted by Gasteiger charge is 2.14. The van der Waals surface area contributed by atoms with Crippen LogP contribution in [0.5, 0.6) is 0 Å². The van der Waals surface area contributed by atoms with Crippen molar-refractivity contribution in [2.75, 3.05) is 5.75 Å². The number of hydrazone groups is 1. The third kappa shape index (κ3) is 5.73. The maximum absolute atomic E-state index is 12.1. The van der Waals surface area contributed by atoms with Gasteiger partial charge >= 0.3 is 0 Å². The highest BCUT2D eigenvalue weighted by atomic mass is 35.5. The standard InChI is InChI=1S/C19H16Cl3N5OS/c1-2-27-18(12-3-6-14(20)7-4-12)25-26-19(27)29-11-17(28)24-23-10-13-5-8-15(21)9-16(13)22/h3-10H,2,11H2,1H3,(H,24,28)/b23-10+. The molecule has 2 aromatic carbocycles. The van der Waals surface area contributed by atoms with Crippen LogP contribution in [0.2, 0.25) is 15.1 Å². The Morgan fingerprint density at radius 3 is 2.55 bits per heavy atom. The van der Waals surface area contributed by atoms with Gasteiger partial charge in [-0.3, -0.25) is 4.79 Å². The summed E-state index contributed by atoms with van der Waals surface area (Å²) in [5, 5.41) is 14.7. The number of halogens is 3. The summed E-state index contributed by atoms with van der Waals surface area (Å²) < 4.78 is 1.94. The molecule has 150 valence electrons. The zero-order chi connectivity index (χ0) is 20.8. The zero-order valence-electron chi connectivity index (χ0n) is 15.3. The number of nitrogens with one attached hydrogen (secondary N) is 1. The topological polar surface area (TPSA) is 72.2 Å². The minimum Gasteiger partial charge on any atom is -0.302 e. The molecule has 1 aromatic heterocycles. The zero-order valence-corrected chi connectivity index (χ0v) is 18.4. The van der Waals surface area contributed by atoms with Crippen LogP contribution in [0.1, 0.15) is 12.5 Å². The van der Waals surface area contributed by atoms with Crippen LogP contribution in [0.15, 0.2) is 52.7 Å². The largest absolute Gasteiger partial charge is 0.302 e. The van der Waals surface area contributed by atoms with Crippen molar-refractivity contribution in [3.63, 3.8) is 0 Å². The molecule has 0 bridgehead atoms. The SMILES string of the molecule is CCn1c(SCC(=O)N/N=C/c2ccc(Cl)cc2Cl)nnc1-c1ccc(Cl)cc1. The third-order valence-electron chi connectivity index (χ3n) is 3.82. The first kappa shape index (κ1) is 21.6. The van der Waals surface area contributed by atoms with Crippen LogP contribution in [0.3, 0.4) is 0 Å². The van der Waals surface area contributed by atoms with Crippen molar-refractivity contribution >= 4 is 58.7 Å². The van der Waals surface area contributed by atoms with E-state index in [0.29, 0.717) is 32.3 Å². The number of benzene rings is 2. The van der Waals surface area contributed by atoms with Gasteiger partial charge in [-0.05, 0) is 43.3 Å². The maximum atomic E-state index is 12.1. The second-order valence-electron chi connectivity index (χ2n) is 5.81. The molecule has 0 spiro atoms. The molecule has 10 heteroatoms. The fourth-order valence-corrected chi connectivity index (χ4v) is 3.81. The van der Waals surface area contributed by atoms with E-state index in [9.17, 15) is 4.79 Å². The summed E-state index contributed by atoms with van der Waals surface area (Å²) in [7, 11) is 0. The molecule has 0 saturated carbocycles. The molecular weight excluding hydrogens is 453 g/mol. The van der Waals surface area contributed by atoms with Crippen LogP contribution in [0.4, 0.5) is 0 Å². The number of amides is 1. The Morgan fingerprint density at radius 2 is 1.86 bits per heavy atom. The molecule has 0 radical (unpaired) electrons. The van der Waals surface area contributed by atoms with E-state index in [-0.39, 0.29) is 11.7 Å². The van der Waals surface area contributed by atoms with Gasteiger partial charge < -0.3 is 4.57 Å². The molecule has 3 aromatic rings. The Hall–Kier alpha value is -2.06. The van der Waals surface area contributed by atoms with Gasteiger partial charge in [-0.25, -0.2) is 5.43 Å². The van der Waals surface area contributed by atoms with E-state index < -0.39 is 0 Å². The van der Waals surface area contributed by atoms with Crippen molar-refractivity contribution in [1.82, 2.24) is 20.2 Å². The lowest BCUT2D eigenvalue weighted by molar-refractivity contribution is -0.118. The molecule has 29 heavy (non-hydrogen) atoms. The number of rotatable bonds is 7. The van der Waals surface area contributed by atoms with E-state index in [0.717, 1.165) is 11.4 Å². The van der Waals surface area contributed by atoms with Crippen molar-refractivity contribution in [2.45, 2.75) is 18.6 Å². The quantitative estimate of drug-likeness (QED) is 0.295. The van der Waals surface area contributed by atoms with Crippen molar-refractivity contribution in [3.05, 3.63) is 63.1 Å². The molecule has 1 N–H and O–H groups in total. The van der Waals surface area contributed by atoms with Gasteiger partial charge in [-0.1, -0.05) is 52.6 Å². The molecule has 0 aliphatic carbocycles. The molecule has 3 rings (SSSR count). The summed E-state index contributed by atoms with van der Waals surface area (Å²) in [5.74, 6) is 0.599. The molecule has 0 saturated heterocycles. The minimum atomic E-state index is -0.268. The van der Waals surface area contributed by atoms with Crippen molar-refractivity contribution in [3.8, 4) is 11.4 Å². The Bertz CT molecular complexity index is 1040. The van der Waals surface area contributed by atoms with E-state index in [1.54, 1.807) is 30.3 Å². The lowest BCUT2D eigenvalue weighted by Gasteiger charge is -2.07. The molecule has 0 fully saturated rings. The van der Waals surface area contributed by atoms with Gasteiger partial charge in [-0.15, -0.1) is 10.2 Å². The average molecular weight is 469 g/mol. The van der Waals surface area contributed by atoms with Gasteiger partial charge in [-0.2, -0.15) is 5.10 Å². The summed E-state index contributed by atoms with van der Waals surface area (Å²) in [5.41, 5.74) is 4.03. The summed E-state index contributed by atoms with van der Waals surface area (Å²) in [6.45, 7) is 2.66. The van der Waals surface area contributed by atoms with Gasteiger partial charge in [0.2, 0.25) is 0 Å². The predicted octanol–water partition coefficient (Wildman–Crippen LogP) is 5.17. The number of thioether (sulfide) groups is 1. The molecule has 1 heterocycles. The lowest BCUT2D eigenvalue weighted by Crippen LogP contribution is -2.20. The van der Waals surface area contributed by atoms with Crippen LogP contribution in [0.25, 0.3) is 11.4 Å². The second kappa shape index (κ2) is 10.1. The second-order valence-corrected chi connectivity index (χ2v) is 8.03. The van der Waals surface area contributed by atoms with Crippen LogP contribution < -0.4 is 5.43 Å². The molecule has 0 unspecified atom stereocenters. The highest BCUT2D eigenvalue weighted by molar-refractivity contribution is 7.99. The van der Waals surface area contributed by atoms with E-state index in [1.807, 2.05) is 23.6 Å². The van der Waals surface area contributed by atoms with Crippen LogP contribution in [-0.2, 0) is 11.3 Å². The molecule has 1 amide bonds. The molecule has 6 nitrogen and oxygen atoms in total. The monoisotopic (exact) mass is 467 g/mol. The van der Waals surface area contributed by atoms with Crippen LogP contribution in [0, 0.1) is 0 Å². The van der Waals surface area contributed by atoms with Gasteiger partial charge in [0.05, 0.1) is 17.0 Å². The van der Waals surface area contributed by atoms with Crippen molar-refractivity contribution < 1.29 is 4.79 Å². The number of aromatic nitrogens is 3. The van der Waals surface area contributed by atoms with Crippen LogP contribution in [-0.4, -0.2) is 32.6 Å². The fraction of sp³-hybridized carbons (Fsp3) is 0.158. The Kier molecular flexibility index (Phi) is 7.55. The lowest BCUT2D eigenvalue weighted by atomic mass is 10.2. The third-order valence-corrected chi connectivity index (χ3v) is 5.60. The van der Waals surface area contributed by atoms with Crippen molar-refractivity contribution in [1.29, 1.82) is 0 Å². The Labute approximate surface area is 187 Å². The number of nitrogens with zero attached hydrogens (tertiary/aromatic N) is 4. The summed E-state index contributed by atoms with van der Waals surface area (Å²) >= 11 is 19.1. The molecule has 0 atom stereocenters. The van der Waals surface area contributed by atoms with E-state index >= 15 is 0 Å². The summed E-state index contributed by atoms with van der Waals surface area (Å²) in [6, 6.07) is 12.4. The van der Waals surface area contributed by atoms with E-state index in [2.05, 4.69) is 20.7 Å². The van der Waals surface area contributed by atoms with Crippen molar-refractivity contribution in [2.24, 2.45) is 5.10 Å². The van der Waals surface area contributed by atoms with E-state index in [1.165, 1.54) is 18.0 Å². The Morgan fingerprint density at radius 1 is 1.14 bits per heavy atom. The average Bonchev–Trinajstić information content (AvgIpc) is 3.11. The number of carbonyl (C=O) groups is 1. The van der Waals surface area contributed by atoms with Gasteiger partial charge in [0.25, 0.3) is 5.91 Å². The van der Waals surface area contributed by atoms with Gasteiger partial charge in [0, 0.05) is 27.7 Å². The first-order valence-corrected chi connectivity index (χ1v) is 10.7. The normalized spacial score (nSPS) is 11.2. The number of carbonyl (C=O) groups excluding carboxylic acids is 1. The van der Waals surface area contributed by atoms with Crippen LogP contribution >= 0.6 is 46.6 Å². The first-order chi connectivity index (χ1) is 14.0. The molecule has 0 aliphatic heterocycles. The maximum Gasteiger partial charge on any atom is 0.250 e. The fourth-order valence-electron chi connectivity index (χ4n) is 2.44. The van der Waals surface area contributed by atoms with Gasteiger partial charge in [0.1, 0.15) is 0 Å². The smallest absolute Gasteiger partial charge is 0.250 e. The number of hydrogen-bond acceptors (Lipinski definition) is 5. The minimum absolute atomic E-state index is 0.143. The van der Waals surface area contributed by atoms with E-state index in [4.69, 9.17) is 34.8 Å².